The van der Waals surface area contributed by atoms with Gasteiger partial charge < -0.3 is 19.1 Å². The van der Waals surface area contributed by atoms with Crippen molar-refractivity contribution in [2.45, 2.75) is 18.9 Å². The van der Waals surface area contributed by atoms with Crippen LogP contribution in [0, 0.1) is 0 Å². The van der Waals surface area contributed by atoms with Gasteiger partial charge in [-0.05, 0) is 44.6 Å². The molecule has 1 heterocycles. The van der Waals surface area contributed by atoms with Crippen molar-refractivity contribution < 1.29 is 19.0 Å². The zero-order valence-electron chi connectivity index (χ0n) is 12.2. The van der Waals surface area contributed by atoms with Gasteiger partial charge in [0, 0.05) is 6.04 Å². The van der Waals surface area contributed by atoms with Crippen molar-refractivity contribution in [1.29, 1.82) is 0 Å². The topological polar surface area (TPSA) is 48.0 Å². The minimum absolute atomic E-state index is 0.384. The van der Waals surface area contributed by atoms with E-state index in [4.69, 9.17) is 9.47 Å². The quantitative estimate of drug-likeness (QED) is 0.771. The van der Waals surface area contributed by atoms with Crippen LogP contribution in [0.15, 0.2) is 18.2 Å². The first-order valence-corrected chi connectivity index (χ1v) is 6.75. The molecule has 1 saturated heterocycles. The molecule has 0 N–H and O–H groups in total. The SMILES string of the molecule is COC(=O)c1ccc(OCC2CCCN2C)c(OC)c1. The standard InChI is InChI=1S/C15H21NO4/c1-16-8-4-5-12(16)10-20-13-7-6-11(15(17)19-3)9-14(13)18-2/h6-7,9,12H,4-5,8,10H2,1-3H3. The molecule has 0 aliphatic carbocycles. The maximum Gasteiger partial charge on any atom is 0.337 e. The monoisotopic (exact) mass is 279 g/mol. The number of carbonyl (C=O) groups is 1. The highest BCUT2D eigenvalue weighted by molar-refractivity contribution is 5.90. The van der Waals surface area contributed by atoms with Crippen LogP contribution in [0.25, 0.3) is 0 Å². The van der Waals surface area contributed by atoms with Gasteiger partial charge in [0.25, 0.3) is 0 Å². The normalized spacial score (nSPS) is 18.9. The lowest BCUT2D eigenvalue weighted by molar-refractivity contribution is 0.0600. The number of likely N-dealkylation sites (tertiary alicyclic amines) is 1. The molecule has 1 aromatic rings. The highest BCUT2D eigenvalue weighted by Gasteiger charge is 2.22. The number of carbonyl (C=O) groups excluding carboxylic acids is 1. The van der Waals surface area contributed by atoms with Crippen molar-refractivity contribution in [1.82, 2.24) is 4.90 Å². The van der Waals surface area contributed by atoms with Crippen LogP contribution in [0.1, 0.15) is 23.2 Å². The van der Waals surface area contributed by atoms with E-state index in [2.05, 4.69) is 16.7 Å². The zero-order valence-corrected chi connectivity index (χ0v) is 12.2. The summed E-state index contributed by atoms with van der Waals surface area (Å²) >= 11 is 0. The van der Waals surface area contributed by atoms with Gasteiger partial charge in [-0.25, -0.2) is 4.79 Å². The van der Waals surface area contributed by atoms with Gasteiger partial charge in [-0.2, -0.15) is 0 Å². The third-order valence-electron chi connectivity index (χ3n) is 3.69. The summed E-state index contributed by atoms with van der Waals surface area (Å²) in [6, 6.07) is 5.52. The molecule has 1 atom stereocenters. The largest absolute Gasteiger partial charge is 0.493 e. The Bertz CT molecular complexity index is 475. The molecule has 2 rings (SSSR count). The van der Waals surface area contributed by atoms with E-state index >= 15 is 0 Å². The third-order valence-corrected chi connectivity index (χ3v) is 3.69. The number of likely N-dealkylation sites (N-methyl/N-ethyl adjacent to an activating group) is 1. The molecule has 5 heteroatoms. The number of hydrogen-bond donors (Lipinski definition) is 0. The van der Waals surface area contributed by atoms with E-state index in [1.165, 1.54) is 13.5 Å². The molecule has 0 saturated carbocycles. The number of hydrogen-bond acceptors (Lipinski definition) is 5. The summed E-state index contributed by atoms with van der Waals surface area (Å²) in [7, 11) is 5.03. The Morgan fingerprint density at radius 2 is 2.15 bits per heavy atom. The molecule has 20 heavy (non-hydrogen) atoms. The summed E-state index contributed by atoms with van der Waals surface area (Å²) < 4.78 is 15.8. The van der Waals surface area contributed by atoms with Crippen molar-refractivity contribution in [3.8, 4) is 11.5 Å². The predicted octanol–water partition coefficient (Wildman–Crippen LogP) is 1.95. The Hall–Kier alpha value is -1.75. The average molecular weight is 279 g/mol. The number of rotatable bonds is 5. The average Bonchev–Trinajstić information content (AvgIpc) is 2.89. The molecule has 0 amide bonds. The van der Waals surface area contributed by atoms with E-state index in [9.17, 15) is 4.79 Å². The lowest BCUT2D eigenvalue weighted by atomic mass is 10.2. The first-order chi connectivity index (χ1) is 9.65. The zero-order chi connectivity index (χ0) is 14.5. The van der Waals surface area contributed by atoms with Crippen molar-refractivity contribution in [3.05, 3.63) is 23.8 Å². The Kier molecular flexibility index (Phi) is 4.84. The highest BCUT2D eigenvalue weighted by atomic mass is 16.5. The number of ether oxygens (including phenoxy) is 3. The van der Waals surface area contributed by atoms with Crippen LogP contribution in [-0.2, 0) is 4.74 Å². The summed E-state index contributed by atoms with van der Waals surface area (Å²) in [5.41, 5.74) is 0.453. The van der Waals surface area contributed by atoms with Gasteiger partial charge in [-0.3, -0.25) is 0 Å². The Morgan fingerprint density at radius 3 is 2.75 bits per heavy atom. The second kappa shape index (κ2) is 6.61. The van der Waals surface area contributed by atoms with Gasteiger partial charge in [-0.1, -0.05) is 0 Å². The molecule has 5 nitrogen and oxygen atoms in total. The summed E-state index contributed by atoms with van der Waals surface area (Å²) in [5.74, 6) is 0.819. The maximum absolute atomic E-state index is 11.5. The Morgan fingerprint density at radius 1 is 1.35 bits per heavy atom. The first kappa shape index (κ1) is 14.7. The van der Waals surface area contributed by atoms with E-state index in [0.717, 1.165) is 13.0 Å². The smallest absolute Gasteiger partial charge is 0.337 e. The molecule has 0 aromatic heterocycles. The van der Waals surface area contributed by atoms with Crippen LogP contribution in [0.5, 0.6) is 11.5 Å². The van der Waals surface area contributed by atoms with E-state index in [1.807, 2.05) is 0 Å². The van der Waals surface area contributed by atoms with Gasteiger partial charge in [0.05, 0.1) is 19.8 Å². The maximum atomic E-state index is 11.5. The Labute approximate surface area is 119 Å². The lowest BCUT2D eigenvalue weighted by Gasteiger charge is -2.20. The summed E-state index contributed by atoms with van der Waals surface area (Å²) in [6.45, 7) is 1.75. The van der Waals surface area contributed by atoms with E-state index in [-0.39, 0.29) is 5.97 Å². The van der Waals surface area contributed by atoms with Gasteiger partial charge in [0.2, 0.25) is 0 Å². The minimum Gasteiger partial charge on any atom is -0.493 e. The first-order valence-electron chi connectivity index (χ1n) is 6.75. The van der Waals surface area contributed by atoms with Crippen LogP contribution in [-0.4, -0.2) is 51.3 Å². The van der Waals surface area contributed by atoms with Gasteiger partial charge in [0.1, 0.15) is 6.61 Å². The third kappa shape index (κ3) is 3.22. The summed E-state index contributed by atoms with van der Waals surface area (Å²) in [5, 5.41) is 0. The molecule has 1 fully saturated rings. The molecule has 1 unspecified atom stereocenters. The van der Waals surface area contributed by atoms with Crippen molar-refractivity contribution in [3.63, 3.8) is 0 Å². The van der Waals surface area contributed by atoms with Crippen LogP contribution in [0.4, 0.5) is 0 Å². The second-order valence-electron chi connectivity index (χ2n) is 4.94. The van der Waals surface area contributed by atoms with Gasteiger partial charge in [0.15, 0.2) is 11.5 Å². The molecule has 1 aromatic carbocycles. The second-order valence-corrected chi connectivity index (χ2v) is 4.94. The molecule has 1 aliphatic heterocycles. The van der Waals surface area contributed by atoms with E-state index in [0.29, 0.717) is 29.7 Å². The molecule has 0 bridgehead atoms. The van der Waals surface area contributed by atoms with Gasteiger partial charge in [-0.15, -0.1) is 0 Å². The van der Waals surface area contributed by atoms with Crippen LogP contribution >= 0.6 is 0 Å². The van der Waals surface area contributed by atoms with Crippen LogP contribution in [0.2, 0.25) is 0 Å². The highest BCUT2D eigenvalue weighted by Crippen LogP contribution is 2.29. The summed E-state index contributed by atoms with van der Waals surface area (Å²) in [6.07, 6.45) is 2.36. The van der Waals surface area contributed by atoms with Gasteiger partial charge >= 0.3 is 5.97 Å². The van der Waals surface area contributed by atoms with Crippen molar-refractivity contribution in [2.75, 3.05) is 34.4 Å². The molecule has 110 valence electrons. The van der Waals surface area contributed by atoms with Crippen LogP contribution in [0.3, 0.4) is 0 Å². The fraction of sp³-hybridized carbons (Fsp3) is 0.533. The fourth-order valence-corrected chi connectivity index (χ4v) is 2.41. The molecule has 0 spiro atoms. The molecular weight excluding hydrogens is 258 g/mol. The molecule has 1 aliphatic rings. The lowest BCUT2D eigenvalue weighted by Crippen LogP contribution is -2.30. The molecular formula is C15H21NO4. The van der Waals surface area contributed by atoms with Crippen LogP contribution < -0.4 is 9.47 Å². The predicted molar refractivity (Wildman–Crippen MR) is 75.5 cm³/mol. The summed E-state index contributed by atoms with van der Waals surface area (Å²) in [4.78, 5) is 13.8. The minimum atomic E-state index is -0.384. The number of esters is 1. The number of benzene rings is 1. The Balaban J connectivity index is 2.05. The number of methoxy groups -OCH3 is 2. The van der Waals surface area contributed by atoms with E-state index in [1.54, 1.807) is 25.3 Å². The van der Waals surface area contributed by atoms with Crippen molar-refractivity contribution in [2.24, 2.45) is 0 Å². The van der Waals surface area contributed by atoms with Crippen molar-refractivity contribution >= 4 is 5.97 Å². The molecule has 0 radical (unpaired) electrons. The number of nitrogens with zero attached hydrogens (tertiary/aromatic N) is 1. The fourth-order valence-electron chi connectivity index (χ4n) is 2.41. The van der Waals surface area contributed by atoms with E-state index < -0.39 is 0 Å².